The Morgan fingerprint density at radius 1 is 0.744 bits per heavy atom. The number of nitrogens with zero attached hydrogens (tertiary/aromatic N) is 2. The van der Waals surface area contributed by atoms with Crippen molar-refractivity contribution in [2.45, 2.75) is 72.6 Å². The molecule has 242 valence electrons. The molecule has 0 radical (unpaired) electrons. The maximum Gasteiger partial charge on any atom is 0.226 e. The fourth-order valence-electron chi connectivity index (χ4n) is 5.08. The lowest BCUT2D eigenvalue weighted by Gasteiger charge is -2.30. The van der Waals surface area contributed by atoms with Crippen molar-refractivity contribution in [2.75, 3.05) is 39.4 Å². The largest absolute Gasteiger partial charge is 0.508 e. The van der Waals surface area contributed by atoms with Crippen molar-refractivity contribution in [1.29, 1.82) is 0 Å². The molecule has 0 saturated carbocycles. The van der Waals surface area contributed by atoms with Crippen LogP contribution in [-0.2, 0) is 22.4 Å². The number of phenols is 4. The third kappa shape index (κ3) is 12.3. The summed E-state index contributed by atoms with van der Waals surface area (Å²) in [5.74, 6) is -0.714. The van der Waals surface area contributed by atoms with E-state index in [0.717, 1.165) is 32.4 Å². The third-order valence-electron chi connectivity index (χ3n) is 7.47. The quantitative estimate of drug-likeness (QED) is 0.210. The number of rotatable bonds is 12. The number of benzene rings is 2. The van der Waals surface area contributed by atoms with E-state index in [2.05, 4.69) is 0 Å². The van der Waals surface area contributed by atoms with Crippen LogP contribution >= 0.6 is 0 Å². The topological polar surface area (TPSA) is 162 Å². The summed E-state index contributed by atoms with van der Waals surface area (Å²) < 4.78 is 0. The molecular weight excluding hydrogens is 552 g/mol. The van der Waals surface area contributed by atoms with Crippen LogP contribution in [0.25, 0.3) is 0 Å². The molecule has 2 aromatic rings. The van der Waals surface area contributed by atoms with Crippen LogP contribution in [0.1, 0.15) is 70.9 Å². The van der Waals surface area contributed by atoms with Gasteiger partial charge in [-0.05, 0) is 82.1 Å². The van der Waals surface area contributed by atoms with Crippen LogP contribution in [0.2, 0.25) is 0 Å². The first-order valence-electron chi connectivity index (χ1n) is 15.5. The lowest BCUT2D eigenvalue weighted by atomic mass is 9.93. The van der Waals surface area contributed by atoms with Gasteiger partial charge in [-0.3, -0.25) is 9.59 Å². The van der Waals surface area contributed by atoms with Crippen molar-refractivity contribution >= 4 is 11.8 Å². The van der Waals surface area contributed by atoms with Gasteiger partial charge in [0.1, 0.15) is 23.0 Å². The Morgan fingerprint density at radius 2 is 1.19 bits per heavy atom. The highest BCUT2D eigenvalue weighted by Crippen LogP contribution is 2.28. The molecule has 1 aliphatic heterocycles. The molecule has 2 unspecified atom stereocenters. The minimum atomic E-state index is -0.365. The van der Waals surface area contributed by atoms with E-state index < -0.39 is 0 Å². The minimum Gasteiger partial charge on any atom is -0.508 e. The SMILES string of the molecule is CC.CCN(CC)C(=O)C(CCO)Cc1ccc(O)cc1O.O=C(C(CCO)Cc1ccc(O)cc1O)N1CCCCC1. The van der Waals surface area contributed by atoms with Gasteiger partial charge in [-0.25, -0.2) is 0 Å². The fraction of sp³-hybridized carbons (Fsp3) is 0.576. The van der Waals surface area contributed by atoms with Crippen LogP contribution in [0.5, 0.6) is 23.0 Å². The molecule has 6 N–H and O–H groups in total. The first-order chi connectivity index (χ1) is 20.6. The number of carbonyl (C=O) groups is 2. The highest BCUT2D eigenvalue weighted by molar-refractivity contribution is 5.80. The van der Waals surface area contributed by atoms with E-state index in [4.69, 9.17) is 5.11 Å². The number of likely N-dealkylation sites (tertiary alicyclic amines) is 1. The number of hydrogen-bond acceptors (Lipinski definition) is 8. The third-order valence-corrected chi connectivity index (χ3v) is 7.47. The number of amides is 2. The molecule has 3 rings (SSSR count). The van der Waals surface area contributed by atoms with Crippen molar-refractivity contribution in [3.63, 3.8) is 0 Å². The maximum absolute atomic E-state index is 12.6. The van der Waals surface area contributed by atoms with Crippen molar-refractivity contribution in [3.8, 4) is 23.0 Å². The Balaban J connectivity index is 0.000000407. The summed E-state index contributed by atoms with van der Waals surface area (Å²) in [7, 11) is 0. The summed E-state index contributed by atoms with van der Waals surface area (Å²) >= 11 is 0. The Labute approximate surface area is 256 Å². The molecule has 0 spiro atoms. The molecule has 2 atom stereocenters. The molecule has 1 heterocycles. The average Bonchev–Trinajstić information content (AvgIpc) is 3.01. The molecule has 43 heavy (non-hydrogen) atoms. The predicted octanol–water partition coefficient (Wildman–Crippen LogP) is 4.18. The summed E-state index contributed by atoms with van der Waals surface area (Å²) in [4.78, 5) is 28.5. The molecule has 1 fully saturated rings. The Kier molecular flexibility index (Phi) is 17.8. The van der Waals surface area contributed by atoms with Gasteiger partial charge < -0.3 is 40.4 Å². The van der Waals surface area contributed by atoms with Crippen LogP contribution in [0.3, 0.4) is 0 Å². The van der Waals surface area contributed by atoms with Gasteiger partial charge in [0.2, 0.25) is 11.8 Å². The van der Waals surface area contributed by atoms with Crippen molar-refractivity contribution < 1.29 is 40.2 Å². The van der Waals surface area contributed by atoms with E-state index in [1.807, 2.05) is 32.6 Å². The molecule has 0 aromatic heterocycles. The van der Waals surface area contributed by atoms with E-state index in [1.165, 1.54) is 24.3 Å². The van der Waals surface area contributed by atoms with E-state index in [0.29, 0.717) is 49.9 Å². The summed E-state index contributed by atoms with van der Waals surface area (Å²) in [6.07, 6.45) is 4.69. The van der Waals surface area contributed by atoms with Crippen molar-refractivity contribution in [2.24, 2.45) is 11.8 Å². The first kappa shape index (κ1) is 37.5. The Bertz CT molecular complexity index is 1100. The van der Waals surface area contributed by atoms with Crippen molar-refractivity contribution in [1.82, 2.24) is 9.80 Å². The van der Waals surface area contributed by atoms with Crippen LogP contribution in [0.15, 0.2) is 36.4 Å². The van der Waals surface area contributed by atoms with Gasteiger partial charge >= 0.3 is 0 Å². The van der Waals surface area contributed by atoms with Gasteiger partial charge in [0.15, 0.2) is 0 Å². The normalized spacial score (nSPS) is 14.0. The monoisotopic (exact) mass is 604 g/mol. The van der Waals surface area contributed by atoms with E-state index in [1.54, 1.807) is 17.0 Å². The molecule has 2 amide bonds. The van der Waals surface area contributed by atoms with Gasteiger partial charge in [0.25, 0.3) is 0 Å². The van der Waals surface area contributed by atoms with E-state index in [-0.39, 0.29) is 59.9 Å². The summed E-state index contributed by atoms with van der Waals surface area (Å²) in [5, 5.41) is 56.6. The molecule has 0 bridgehead atoms. The van der Waals surface area contributed by atoms with Gasteiger partial charge in [-0.15, -0.1) is 0 Å². The second-order valence-electron chi connectivity index (χ2n) is 10.3. The Hall–Kier alpha value is -3.50. The minimum absolute atomic E-state index is 0.00249. The second kappa shape index (κ2) is 20.4. The lowest BCUT2D eigenvalue weighted by Crippen LogP contribution is -2.40. The van der Waals surface area contributed by atoms with Crippen LogP contribution in [0.4, 0.5) is 0 Å². The van der Waals surface area contributed by atoms with Crippen LogP contribution in [-0.4, -0.2) is 91.6 Å². The highest BCUT2D eigenvalue weighted by atomic mass is 16.3. The predicted molar refractivity (Wildman–Crippen MR) is 167 cm³/mol. The second-order valence-corrected chi connectivity index (χ2v) is 10.3. The van der Waals surface area contributed by atoms with Gasteiger partial charge in [0, 0.05) is 63.4 Å². The first-order valence-corrected chi connectivity index (χ1v) is 15.5. The van der Waals surface area contributed by atoms with Gasteiger partial charge in [-0.1, -0.05) is 26.0 Å². The highest BCUT2D eigenvalue weighted by Gasteiger charge is 2.26. The average molecular weight is 605 g/mol. The lowest BCUT2D eigenvalue weighted by molar-refractivity contribution is -0.137. The zero-order valence-electron chi connectivity index (χ0n) is 26.2. The van der Waals surface area contributed by atoms with Gasteiger partial charge in [0.05, 0.1) is 0 Å². The molecule has 2 aromatic carbocycles. The number of aliphatic hydroxyl groups excluding tert-OH is 2. The maximum atomic E-state index is 12.6. The molecule has 10 nitrogen and oxygen atoms in total. The number of carbonyl (C=O) groups excluding carboxylic acids is 2. The number of phenolic OH excluding ortho intramolecular Hbond substituents is 4. The fourth-order valence-corrected chi connectivity index (χ4v) is 5.08. The zero-order valence-corrected chi connectivity index (χ0v) is 26.2. The number of hydrogen-bond donors (Lipinski definition) is 6. The van der Waals surface area contributed by atoms with E-state index >= 15 is 0 Å². The summed E-state index contributed by atoms with van der Waals surface area (Å²) in [5.41, 5.74) is 1.22. The molecule has 1 saturated heterocycles. The standard InChI is InChI=1S/C16H23NO4.C15H23NO4.C2H6/c18-9-6-13(16(21)17-7-2-1-3-8-17)10-12-4-5-14(19)11-15(12)20;1-3-16(4-2)15(20)12(7-8-17)9-11-5-6-13(18)10-14(11)19;1-2/h4-5,11,13,18-20H,1-3,6-10H2;5-6,10,12,17-19H,3-4,7-9H2,1-2H3;1-2H3. The molecule has 0 aliphatic carbocycles. The number of piperidine rings is 1. The molecular formula is C33H52N2O8. The number of aliphatic hydroxyl groups is 2. The zero-order chi connectivity index (χ0) is 32.4. The van der Waals surface area contributed by atoms with Crippen molar-refractivity contribution in [3.05, 3.63) is 47.5 Å². The van der Waals surface area contributed by atoms with E-state index in [9.17, 15) is 35.1 Å². The number of aromatic hydroxyl groups is 4. The molecule has 1 aliphatic rings. The smallest absolute Gasteiger partial charge is 0.226 e. The van der Waals surface area contributed by atoms with Crippen LogP contribution in [0, 0.1) is 11.8 Å². The van der Waals surface area contributed by atoms with Gasteiger partial charge in [-0.2, -0.15) is 0 Å². The summed E-state index contributed by atoms with van der Waals surface area (Å²) in [6.45, 7) is 10.5. The Morgan fingerprint density at radius 3 is 1.60 bits per heavy atom. The molecule has 10 heteroatoms. The van der Waals surface area contributed by atoms with Crippen LogP contribution < -0.4 is 0 Å². The summed E-state index contributed by atoms with van der Waals surface area (Å²) in [6, 6.07) is 8.73.